The maximum atomic E-state index is 13.2. The Morgan fingerprint density at radius 2 is 2.04 bits per heavy atom. The highest BCUT2D eigenvalue weighted by Gasteiger charge is 2.32. The molecule has 0 radical (unpaired) electrons. The highest BCUT2D eigenvalue weighted by molar-refractivity contribution is 14.0. The molecule has 158 valence electrons. The number of methoxy groups -OCH3 is 1. The van der Waals surface area contributed by atoms with Crippen molar-refractivity contribution in [2.75, 3.05) is 46.5 Å². The predicted molar refractivity (Wildman–Crippen MR) is 118 cm³/mol. The highest BCUT2D eigenvalue weighted by Crippen LogP contribution is 2.22. The van der Waals surface area contributed by atoms with Crippen LogP contribution in [-0.4, -0.2) is 69.6 Å². The molecule has 0 saturated carbocycles. The van der Waals surface area contributed by atoms with Crippen LogP contribution in [0.3, 0.4) is 0 Å². The lowest BCUT2D eigenvalue weighted by Crippen LogP contribution is -2.53. The van der Waals surface area contributed by atoms with Crippen LogP contribution >= 0.6 is 24.0 Å². The molecule has 0 bridgehead atoms. The molecule has 1 N–H and O–H groups in total. The van der Waals surface area contributed by atoms with Gasteiger partial charge >= 0.3 is 0 Å². The molecule has 2 aliphatic heterocycles. The minimum Gasteiger partial charge on any atom is -0.375 e. The van der Waals surface area contributed by atoms with Gasteiger partial charge in [-0.25, -0.2) is 4.39 Å². The van der Waals surface area contributed by atoms with Crippen molar-refractivity contribution in [1.29, 1.82) is 0 Å². The van der Waals surface area contributed by atoms with E-state index in [0.717, 1.165) is 50.6 Å². The number of halogens is 2. The molecule has 1 aromatic rings. The number of benzene rings is 1. The van der Waals surface area contributed by atoms with E-state index in [1.807, 2.05) is 0 Å². The third-order valence-electron chi connectivity index (χ3n) is 5.04. The number of morpholine rings is 1. The smallest absolute Gasteiger partial charge is 0.194 e. The van der Waals surface area contributed by atoms with E-state index in [2.05, 4.69) is 17.1 Å². The van der Waals surface area contributed by atoms with Crippen LogP contribution in [0.15, 0.2) is 29.3 Å². The molecular formula is C20H31FIN3O3. The predicted octanol–water partition coefficient (Wildman–Crippen LogP) is 2.98. The number of rotatable bonds is 6. The van der Waals surface area contributed by atoms with Gasteiger partial charge in [0.1, 0.15) is 18.0 Å². The van der Waals surface area contributed by atoms with Gasteiger partial charge in [0.2, 0.25) is 0 Å². The molecule has 0 spiro atoms. The van der Waals surface area contributed by atoms with E-state index in [0.29, 0.717) is 13.2 Å². The first-order valence-corrected chi connectivity index (χ1v) is 9.76. The zero-order valence-corrected chi connectivity index (χ0v) is 18.9. The van der Waals surface area contributed by atoms with Crippen LogP contribution in [0.2, 0.25) is 0 Å². The van der Waals surface area contributed by atoms with Gasteiger partial charge in [0, 0.05) is 33.4 Å². The van der Waals surface area contributed by atoms with Crippen LogP contribution in [0.25, 0.3) is 0 Å². The quantitative estimate of drug-likeness (QED) is 0.365. The first-order valence-electron chi connectivity index (χ1n) is 9.76. The molecule has 0 amide bonds. The van der Waals surface area contributed by atoms with Gasteiger partial charge in [-0.15, -0.1) is 24.0 Å². The molecule has 28 heavy (non-hydrogen) atoms. The Bertz CT molecular complexity index is 611. The van der Waals surface area contributed by atoms with Crippen molar-refractivity contribution in [3.63, 3.8) is 0 Å². The lowest BCUT2D eigenvalue weighted by molar-refractivity contribution is -0.0817. The number of nitrogens with zero attached hydrogens (tertiary/aromatic N) is 2. The summed E-state index contributed by atoms with van der Waals surface area (Å²) in [5, 5.41) is 3.37. The van der Waals surface area contributed by atoms with Gasteiger partial charge in [0.25, 0.3) is 0 Å². The van der Waals surface area contributed by atoms with E-state index < -0.39 is 0 Å². The molecule has 3 unspecified atom stereocenters. The van der Waals surface area contributed by atoms with E-state index in [-0.39, 0.29) is 48.1 Å². The van der Waals surface area contributed by atoms with Gasteiger partial charge in [0.05, 0.1) is 19.3 Å². The van der Waals surface area contributed by atoms with E-state index in [1.54, 1.807) is 19.2 Å². The van der Waals surface area contributed by atoms with Crippen molar-refractivity contribution in [2.45, 2.75) is 38.1 Å². The topological polar surface area (TPSA) is 55.3 Å². The fourth-order valence-electron chi connectivity index (χ4n) is 3.58. The van der Waals surface area contributed by atoms with Gasteiger partial charge < -0.3 is 24.4 Å². The van der Waals surface area contributed by atoms with Crippen LogP contribution in [0.4, 0.5) is 4.39 Å². The van der Waals surface area contributed by atoms with Crippen LogP contribution in [0.1, 0.15) is 31.4 Å². The second kappa shape index (κ2) is 11.9. The molecule has 6 nitrogen and oxygen atoms in total. The zero-order chi connectivity index (χ0) is 19.1. The number of hydrogen-bond acceptors (Lipinski definition) is 4. The Hall–Kier alpha value is -0.970. The summed E-state index contributed by atoms with van der Waals surface area (Å²) in [6, 6.07) is 6.39. The summed E-state index contributed by atoms with van der Waals surface area (Å²) in [4.78, 5) is 7.02. The van der Waals surface area contributed by atoms with Crippen LogP contribution in [0.5, 0.6) is 0 Å². The molecule has 2 saturated heterocycles. The average Bonchev–Trinajstić information content (AvgIpc) is 3.24. The number of ether oxygens (including phenoxy) is 3. The Morgan fingerprint density at radius 1 is 1.29 bits per heavy atom. The molecule has 0 aliphatic carbocycles. The summed E-state index contributed by atoms with van der Waals surface area (Å²) in [6.07, 6.45) is 2.21. The molecule has 2 fully saturated rings. The molecule has 2 heterocycles. The van der Waals surface area contributed by atoms with Gasteiger partial charge in [-0.2, -0.15) is 0 Å². The molecular weight excluding hydrogens is 476 g/mol. The fraction of sp³-hybridized carbons (Fsp3) is 0.650. The number of nitrogens with one attached hydrogen (secondary N) is 1. The van der Waals surface area contributed by atoms with Crippen molar-refractivity contribution < 1.29 is 18.6 Å². The second-order valence-corrected chi connectivity index (χ2v) is 6.88. The normalized spacial score (nSPS) is 24.0. The van der Waals surface area contributed by atoms with Crippen LogP contribution in [0, 0.1) is 5.82 Å². The summed E-state index contributed by atoms with van der Waals surface area (Å²) < 4.78 is 30.5. The Labute approximate surface area is 183 Å². The maximum Gasteiger partial charge on any atom is 0.194 e. The summed E-state index contributed by atoms with van der Waals surface area (Å²) in [5.74, 6) is 0.604. The third-order valence-corrected chi connectivity index (χ3v) is 5.04. The zero-order valence-electron chi connectivity index (χ0n) is 16.6. The largest absolute Gasteiger partial charge is 0.375 e. The van der Waals surface area contributed by atoms with E-state index in [1.165, 1.54) is 12.1 Å². The van der Waals surface area contributed by atoms with Crippen molar-refractivity contribution in [1.82, 2.24) is 10.2 Å². The van der Waals surface area contributed by atoms with Crippen LogP contribution in [-0.2, 0) is 14.2 Å². The van der Waals surface area contributed by atoms with E-state index in [4.69, 9.17) is 19.2 Å². The Balaban J connectivity index is 0.00000280. The summed E-state index contributed by atoms with van der Waals surface area (Å²) in [5.41, 5.74) is 0.915. The number of hydrogen-bond donors (Lipinski definition) is 1. The summed E-state index contributed by atoms with van der Waals surface area (Å²) in [7, 11) is 1.65. The molecule has 2 aliphatic rings. The van der Waals surface area contributed by atoms with Crippen LogP contribution < -0.4 is 5.32 Å². The molecule has 8 heteroatoms. The Morgan fingerprint density at radius 3 is 2.68 bits per heavy atom. The Kier molecular flexibility index (Phi) is 9.90. The SMILES string of the molecule is CCNC(=NCC(OC)c1ccc(F)cc1)N1CCOC(C2CCCO2)C1.I. The first-order chi connectivity index (χ1) is 13.2. The van der Waals surface area contributed by atoms with Gasteiger partial charge in [-0.3, -0.25) is 4.99 Å². The number of guanidine groups is 1. The van der Waals surface area contributed by atoms with Gasteiger partial charge in [0.15, 0.2) is 5.96 Å². The fourth-order valence-corrected chi connectivity index (χ4v) is 3.58. The summed E-state index contributed by atoms with van der Waals surface area (Å²) in [6.45, 7) is 6.36. The lowest BCUT2D eigenvalue weighted by Gasteiger charge is -2.37. The third kappa shape index (κ3) is 6.27. The van der Waals surface area contributed by atoms with Crippen molar-refractivity contribution in [3.8, 4) is 0 Å². The average molecular weight is 507 g/mol. The lowest BCUT2D eigenvalue weighted by atomic mass is 10.1. The minimum absolute atomic E-state index is 0. The number of aliphatic imine (C=N–C) groups is 1. The highest BCUT2D eigenvalue weighted by atomic mass is 127. The first kappa shape index (κ1) is 23.3. The summed E-state index contributed by atoms with van der Waals surface area (Å²) >= 11 is 0. The van der Waals surface area contributed by atoms with Crippen molar-refractivity contribution >= 4 is 29.9 Å². The van der Waals surface area contributed by atoms with Gasteiger partial charge in [-0.1, -0.05) is 12.1 Å². The standard InChI is InChI=1S/C20H30FN3O3.HI/c1-3-22-20(23-13-18(25-2)15-6-8-16(21)9-7-15)24-10-12-27-19(14-24)17-5-4-11-26-17;/h6-9,17-19H,3-5,10-14H2,1-2H3,(H,22,23);1H. The van der Waals surface area contributed by atoms with E-state index in [9.17, 15) is 4.39 Å². The maximum absolute atomic E-state index is 13.2. The molecule has 1 aromatic carbocycles. The van der Waals surface area contributed by atoms with E-state index >= 15 is 0 Å². The van der Waals surface area contributed by atoms with Crippen molar-refractivity contribution in [3.05, 3.63) is 35.6 Å². The van der Waals surface area contributed by atoms with Gasteiger partial charge in [-0.05, 0) is 37.5 Å². The van der Waals surface area contributed by atoms with Crippen molar-refractivity contribution in [2.24, 2.45) is 4.99 Å². The minimum atomic E-state index is -0.251. The molecule has 0 aromatic heterocycles. The monoisotopic (exact) mass is 507 g/mol. The molecule has 3 rings (SSSR count). The second-order valence-electron chi connectivity index (χ2n) is 6.88. The molecule has 3 atom stereocenters.